The molecule has 1 heterocycles. The highest BCUT2D eigenvalue weighted by atomic mass is 16.7. The van der Waals surface area contributed by atoms with Crippen LogP contribution in [0.1, 0.15) is 24.8 Å². The molecular formula is C18H21NO3. The second kappa shape index (κ2) is 8.72. The predicted molar refractivity (Wildman–Crippen MR) is 85.3 cm³/mol. The molecule has 0 saturated heterocycles. The summed E-state index contributed by atoms with van der Waals surface area (Å²) >= 11 is 0. The van der Waals surface area contributed by atoms with E-state index < -0.39 is 0 Å². The molecule has 0 spiro atoms. The fourth-order valence-electron chi connectivity index (χ4n) is 1.97. The van der Waals surface area contributed by atoms with Crippen LogP contribution >= 0.6 is 0 Å². The Morgan fingerprint density at radius 2 is 2.00 bits per heavy atom. The lowest BCUT2D eigenvalue weighted by Crippen LogP contribution is -2.18. The normalized spacial score (nSPS) is 13.0. The molecule has 116 valence electrons. The van der Waals surface area contributed by atoms with E-state index >= 15 is 0 Å². The van der Waals surface area contributed by atoms with E-state index in [9.17, 15) is 4.79 Å². The van der Waals surface area contributed by atoms with Gasteiger partial charge in [-0.2, -0.15) is 0 Å². The number of hydrogen-bond acceptors (Lipinski definition) is 4. The minimum atomic E-state index is -0.197. The van der Waals surface area contributed by atoms with Gasteiger partial charge in [0.1, 0.15) is 12.4 Å². The minimum Gasteiger partial charge on any atom is -0.461 e. The third kappa shape index (κ3) is 5.87. The van der Waals surface area contributed by atoms with Gasteiger partial charge in [-0.1, -0.05) is 49.1 Å². The number of rotatable bonds is 8. The maximum absolute atomic E-state index is 11.7. The Morgan fingerprint density at radius 1 is 1.18 bits per heavy atom. The Labute approximate surface area is 131 Å². The van der Waals surface area contributed by atoms with Crippen molar-refractivity contribution in [3.8, 4) is 0 Å². The summed E-state index contributed by atoms with van der Waals surface area (Å²) in [5, 5.41) is 1.70. The lowest BCUT2D eigenvalue weighted by Gasteiger charge is -2.21. The fourth-order valence-corrected chi connectivity index (χ4v) is 1.97. The number of benzene rings is 1. The summed E-state index contributed by atoms with van der Waals surface area (Å²) in [6, 6.07) is 9.65. The first-order chi connectivity index (χ1) is 10.7. The van der Waals surface area contributed by atoms with Gasteiger partial charge in [-0.15, -0.1) is 0 Å². The van der Waals surface area contributed by atoms with Gasteiger partial charge in [-0.05, 0) is 18.1 Å². The molecule has 0 aromatic heterocycles. The lowest BCUT2D eigenvalue weighted by molar-refractivity contribution is -0.145. The van der Waals surface area contributed by atoms with Crippen LogP contribution in [0, 0.1) is 0 Å². The molecule has 1 aromatic carbocycles. The van der Waals surface area contributed by atoms with Crippen LogP contribution in [0.2, 0.25) is 0 Å². The monoisotopic (exact) mass is 299 g/mol. The van der Waals surface area contributed by atoms with Crippen molar-refractivity contribution in [3.63, 3.8) is 0 Å². The molecule has 2 rings (SSSR count). The van der Waals surface area contributed by atoms with Crippen LogP contribution in [0.3, 0.4) is 0 Å². The highest BCUT2D eigenvalue weighted by Crippen LogP contribution is 2.12. The zero-order chi connectivity index (χ0) is 15.6. The Kier molecular flexibility index (Phi) is 6.30. The van der Waals surface area contributed by atoms with Crippen molar-refractivity contribution < 1.29 is 14.4 Å². The molecular weight excluding hydrogens is 278 g/mol. The molecule has 0 aliphatic carbocycles. The number of hydroxylamine groups is 2. The van der Waals surface area contributed by atoms with E-state index in [1.807, 2.05) is 54.8 Å². The van der Waals surface area contributed by atoms with Gasteiger partial charge < -0.3 is 9.57 Å². The number of hydrogen-bond donors (Lipinski definition) is 0. The molecule has 0 saturated carbocycles. The maximum Gasteiger partial charge on any atom is 0.306 e. The molecule has 4 nitrogen and oxygen atoms in total. The van der Waals surface area contributed by atoms with Crippen LogP contribution in [0.15, 0.2) is 67.1 Å². The van der Waals surface area contributed by atoms with E-state index in [-0.39, 0.29) is 5.97 Å². The van der Waals surface area contributed by atoms with Crippen LogP contribution in [0.5, 0.6) is 0 Å². The van der Waals surface area contributed by atoms with Crippen molar-refractivity contribution in [2.75, 3.05) is 6.54 Å². The molecule has 1 aliphatic rings. The van der Waals surface area contributed by atoms with Gasteiger partial charge >= 0.3 is 5.97 Å². The molecule has 0 bridgehead atoms. The van der Waals surface area contributed by atoms with Gasteiger partial charge in [0.15, 0.2) is 0 Å². The van der Waals surface area contributed by atoms with Crippen molar-refractivity contribution in [3.05, 3.63) is 72.7 Å². The first-order valence-electron chi connectivity index (χ1n) is 7.39. The van der Waals surface area contributed by atoms with Gasteiger partial charge in [-0.3, -0.25) is 4.79 Å². The van der Waals surface area contributed by atoms with Crippen molar-refractivity contribution >= 4 is 5.97 Å². The summed E-state index contributed by atoms with van der Waals surface area (Å²) in [5.74, 6) is 0.452. The summed E-state index contributed by atoms with van der Waals surface area (Å²) in [7, 11) is 0. The minimum absolute atomic E-state index is 0.197. The highest BCUT2D eigenvalue weighted by Gasteiger charge is 2.07. The maximum atomic E-state index is 11.7. The molecule has 4 heteroatoms. The number of allylic oxidation sites excluding steroid dienone is 3. The Balaban J connectivity index is 1.57. The number of carbonyl (C=O) groups is 1. The van der Waals surface area contributed by atoms with Crippen LogP contribution < -0.4 is 0 Å². The Morgan fingerprint density at radius 3 is 2.73 bits per heavy atom. The fraction of sp³-hybridized carbons (Fsp3) is 0.278. The van der Waals surface area contributed by atoms with Crippen molar-refractivity contribution in [1.82, 2.24) is 5.06 Å². The standard InChI is InChI=1S/C18H21NO3/c1-16(22-19-13-6-3-7-14-19)9-8-12-18(20)21-15-17-10-4-2-5-11-17/h2-7,10-11,13H,1,8-9,12,14-15H2. The average molecular weight is 299 g/mol. The Hall–Kier alpha value is -2.49. The van der Waals surface area contributed by atoms with Crippen molar-refractivity contribution in [2.45, 2.75) is 25.9 Å². The molecule has 0 unspecified atom stereocenters. The van der Waals surface area contributed by atoms with E-state index in [2.05, 4.69) is 6.58 Å². The van der Waals surface area contributed by atoms with E-state index in [0.717, 1.165) is 5.56 Å². The third-order valence-corrected chi connectivity index (χ3v) is 3.11. The Bertz CT molecular complexity index is 549. The number of esters is 1. The average Bonchev–Trinajstić information content (AvgIpc) is 2.55. The molecule has 0 atom stereocenters. The third-order valence-electron chi connectivity index (χ3n) is 3.11. The van der Waals surface area contributed by atoms with Gasteiger partial charge in [0.25, 0.3) is 0 Å². The molecule has 0 N–H and O–H groups in total. The lowest BCUT2D eigenvalue weighted by atomic mass is 10.2. The second-order valence-corrected chi connectivity index (χ2v) is 5.00. The predicted octanol–water partition coefficient (Wildman–Crippen LogP) is 3.73. The van der Waals surface area contributed by atoms with Crippen molar-refractivity contribution in [2.24, 2.45) is 0 Å². The highest BCUT2D eigenvalue weighted by molar-refractivity contribution is 5.69. The van der Waals surface area contributed by atoms with E-state index in [1.54, 1.807) is 5.06 Å². The summed E-state index contributed by atoms with van der Waals surface area (Å²) < 4.78 is 5.22. The van der Waals surface area contributed by atoms with Crippen LogP contribution in [-0.2, 0) is 21.0 Å². The van der Waals surface area contributed by atoms with E-state index in [1.165, 1.54) is 0 Å². The topological polar surface area (TPSA) is 38.8 Å². The quantitative estimate of drug-likeness (QED) is 0.541. The molecule has 0 fully saturated rings. The molecule has 1 aromatic rings. The summed E-state index contributed by atoms with van der Waals surface area (Å²) in [4.78, 5) is 17.2. The van der Waals surface area contributed by atoms with Crippen molar-refractivity contribution in [1.29, 1.82) is 0 Å². The molecule has 1 aliphatic heterocycles. The van der Waals surface area contributed by atoms with Gasteiger partial charge in [0.05, 0.1) is 6.54 Å². The zero-order valence-electron chi connectivity index (χ0n) is 12.6. The molecule has 0 amide bonds. The smallest absolute Gasteiger partial charge is 0.306 e. The first kappa shape index (κ1) is 15.9. The zero-order valence-corrected chi connectivity index (χ0v) is 12.6. The molecule has 22 heavy (non-hydrogen) atoms. The first-order valence-corrected chi connectivity index (χ1v) is 7.39. The van der Waals surface area contributed by atoms with Crippen LogP contribution in [0.4, 0.5) is 0 Å². The number of carbonyl (C=O) groups excluding carboxylic acids is 1. The van der Waals surface area contributed by atoms with Crippen LogP contribution in [0.25, 0.3) is 0 Å². The number of nitrogens with zero attached hydrogens (tertiary/aromatic N) is 1. The summed E-state index contributed by atoms with van der Waals surface area (Å²) in [6.07, 6.45) is 9.37. The van der Waals surface area contributed by atoms with Gasteiger partial charge in [0, 0.05) is 19.0 Å². The number of ether oxygens (including phenoxy) is 1. The van der Waals surface area contributed by atoms with Gasteiger partial charge in [-0.25, -0.2) is 5.06 Å². The summed E-state index contributed by atoms with van der Waals surface area (Å²) in [6.45, 7) is 4.89. The van der Waals surface area contributed by atoms with Gasteiger partial charge in [0.2, 0.25) is 0 Å². The van der Waals surface area contributed by atoms with E-state index in [4.69, 9.17) is 9.57 Å². The second-order valence-electron chi connectivity index (χ2n) is 5.00. The van der Waals surface area contributed by atoms with E-state index in [0.29, 0.717) is 38.2 Å². The largest absolute Gasteiger partial charge is 0.461 e. The molecule has 0 radical (unpaired) electrons. The van der Waals surface area contributed by atoms with Crippen LogP contribution in [-0.4, -0.2) is 17.6 Å². The SMILES string of the molecule is C=C(CCCC(=O)OCc1ccccc1)ON1C=CC=CC1. The summed E-state index contributed by atoms with van der Waals surface area (Å²) in [5.41, 5.74) is 0.994.